The van der Waals surface area contributed by atoms with E-state index in [-0.39, 0.29) is 11.9 Å². The summed E-state index contributed by atoms with van der Waals surface area (Å²) in [6.07, 6.45) is 1.01. The number of aromatic nitrogens is 1. The van der Waals surface area contributed by atoms with Crippen LogP contribution >= 0.6 is 0 Å². The van der Waals surface area contributed by atoms with E-state index in [4.69, 9.17) is 0 Å². The number of carbonyl (C=O) groups excluding carboxylic acids is 1. The van der Waals surface area contributed by atoms with Crippen LogP contribution in [0.3, 0.4) is 0 Å². The molecule has 0 aliphatic rings. The van der Waals surface area contributed by atoms with E-state index in [1.54, 1.807) is 0 Å². The number of pyridine rings is 1. The molecule has 0 aliphatic carbocycles. The maximum atomic E-state index is 12.5. The van der Waals surface area contributed by atoms with Crippen LogP contribution in [0.15, 0.2) is 12.1 Å². The highest BCUT2D eigenvalue weighted by molar-refractivity contribution is 5.95. The number of carbonyl (C=O) groups is 1. The van der Waals surface area contributed by atoms with Crippen LogP contribution in [0, 0.1) is 12.8 Å². The highest BCUT2D eigenvalue weighted by Gasteiger charge is 2.19. The average molecular weight is 277 g/mol. The normalized spacial score (nSPS) is 12.3. The number of aryl methyl sites for hydroxylation is 1. The maximum Gasteiger partial charge on any atom is 0.254 e. The number of rotatable bonds is 6. The minimum atomic E-state index is 0.0582. The van der Waals surface area contributed by atoms with Crippen molar-refractivity contribution >= 4 is 11.7 Å². The fourth-order valence-electron chi connectivity index (χ4n) is 2.31. The highest BCUT2D eigenvalue weighted by atomic mass is 16.2. The van der Waals surface area contributed by atoms with Crippen molar-refractivity contribution in [3.63, 3.8) is 0 Å². The average Bonchev–Trinajstić information content (AvgIpc) is 2.35. The molecule has 1 heterocycles. The van der Waals surface area contributed by atoms with Crippen LogP contribution < -0.4 is 5.32 Å². The summed E-state index contributed by atoms with van der Waals surface area (Å²) in [6, 6.07) is 3.91. The molecular weight excluding hydrogens is 250 g/mol. The predicted octanol–water partition coefficient (Wildman–Crippen LogP) is 3.33. The molecule has 1 atom stereocenters. The first-order valence-corrected chi connectivity index (χ1v) is 7.34. The van der Waals surface area contributed by atoms with Gasteiger partial charge in [0.2, 0.25) is 0 Å². The van der Waals surface area contributed by atoms with E-state index in [2.05, 4.69) is 31.1 Å². The van der Waals surface area contributed by atoms with Crippen LogP contribution in [0.1, 0.15) is 50.2 Å². The zero-order valence-corrected chi connectivity index (χ0v) is 13.5. The third-order valence-corrected chi connectivity index (χ3v) is 3.35. The number of nitrogens with zero attached hydrogens (tertiary/aromatic N) is 2. The Labute approximate surface area is 122 Å². The second-order valence-electron chi connectivity index (χ2n) is 5.81. The van der Waals surface area contributed by atoms with Crippen LogP contribution in [-0.2, 0) is 0 Å². The second kappa shape index (κ2) is 7.27. The number of hydrogen-bond acceptors (Lipinski definition) is 3. The Morgan fingerprint density at radius 1 is 1.35 bits per heavy atom. The van der Waals surface area contributed by atoms with Gasteiger partial charge in [-0.05, 0) is 45.2 Å². The largest absolute Gasteiger partial charge is 0.370 e. The summed E-state index contributed by atoms with van der Waals surface area (Å²) >= 11 is 0. The lowest BCUT2D eigenvalue weighted by Gasteiger charge is -2.26. The van der Waals surface area contributed by atoms with Gasteiger partial charge in [0.25, 0.3) is 5.91 Å². The monoisotopic (exact) mass is 277 g/mol. The lowest BCUT2D eigenvalue weighted by Crippen LogP contribution is -2.36. The summed E-state index contributed by atoms with van der Waals surface area (Å²) < 4.78 is 0. The number of amides is 1. The lowest BCUT2D eigenvalue weighted by molar-refractivity contribution is 0.0728. The van der Waals surface area contributed by atoms with Crippen LogP contribution in [-0.4, -0.2) is 35.4 Å². The van der Waals surface area contributed by atoms with E-state index >= 15 is 0 Å². The molecule has 0 aromatic carbocycles. The Kier molecular flexibility index (Phi) is 5.99. The second-order valence-corrected chi connectivity index (χ2v) is 5.81. The van der Waals surface area contributed by atoms with Crippen LogP contribution in [0.4, 0.5) is 5.82 Å². The number of nitrogens with one attached hydrogen (secondary N) is 1. The van der Waals surface area contributed by atoms with Gasteiger partial charge in [0, 0.05) is 30.9 Å². The predicted molar refractivity (Wildman–Crippen MR) is 84.1 cm³/mol. The fraction of sp³-hybridized carbons (Fsp3) is 0.625. The Hall–Kier alpha value is -1.58. The fourth-order valence-corrected chi connectivity index (χ4v) is 2.31. The maximum absolute atomic E-state index is 12.5. The van der Waals surface area contributed by atoms with Crippen LogP contribution in [0.25, 0.3) is 0 Å². The minimum absolute atomic E-state index is 0.0582. The molecule has 0 aliphatic heterocycles. The molecule has 1 N–H and O–H groups in total. The summed E-state index contributed by atoms with van der Waals surface area (Å²) in [5.41, 5.74) is 1.56. The minimum Gasteiger partial charge on any atom is -0.370 e. The van der Waals surface area contributed by atoms with Gasteiger partial charge >= 0.3 is 0 Å². The van der Waals surface area contributed by atoms with E-state index < -0.39 is 0 Å². The van der Waals surface area contributed by atoms with Gasteiger partial charge in [-0.3, -0.25) is 4.79 Å². The van der Waals surface area contributed by atoms with Crippen molar-refractivity contribution in [1.82, 2.24) is 9.88 Å². The van der Waals surface area contributed by atoms with Crippen molar-refractivity contribution in [2.75, 3.05) is 18.9 Å². The van der Waals surface area contributed by atoms with Gasteiger partial charge in [-0.15, -0.1) is 0 Å². The third-order valence-electron chi connectivity index (χ3n) is 3.35. The highest BCUT2D eigenvalue weighted by Crippen LogP contribution is 2.16. The van der Waals surface area contributed by atoms with E-state index in [9.17, 15) is 4.79 Å². The molecule has 20 heavy (non-hydrogen) atoms. The van der Waals surface area contributed by atoms with Gasteiger partial charge < -0.3 is 10.2 Å². The Balaban J connectivity index is 2.90. The molecule has 1 aromatic rings. The zero-order chi connectivity index (χ0) is 15.3. The molecule has 1 amide bonds. The van der Waals surface area contributed by atoms with Crippen molar-refractivity contribution in [2.24, 2.45) is 5.92 Å². The molecule has 0 saturated heterocycles. The lowest BCUT2D eigenvalue weighted by atomic mass is 10.0. The Morgan fingerprint density at radius 3 is 2.55 bits per heavy atom. The Morgan fingerprint density at radius 2 is 2.00 bits per heavy atom. The van der Waals surface area contributed by atoms with Gasteiger partial charge in [0.05, 0.1) is 0 Å². The standard InChI is InChI=1S/C16H27N3O/c1-7-17-15-10-14(9-12(4)18-15)16(20)19(6)13(5)8-11(2)3/h9-11,13H,7-8H2,1-6H3,(H,17,18). The summed E-state index contributed by atoms with van der Waals surface area (Å²) in [5.74, 6) is 1.40. The zero-order valence-electron chi connectivity index (χ0n) is 13.5. The van der Waals surface area contributed by atoms with Crippen molar-refractivity contribution in [1.29, 1.82) is 0 Å². The van der Waals surface area contributed by atoms with Crippen LogP contribution in [0.5, 0.6) is 0 Å². The van der Waals surface area contributed by atoms with E-state index in [0.717, 1.165) is 24.5 Å². The Bertz CT molecular complexity index is 457. The molecule has 4 heteroatoms. The topological polar surface area (TPSA) is 45.2 Å². The molecule has 1 aromatic heterocycles. The number of anilines is 1. The van der Waals surface area contributed by atoms with Gasteiger partial charge in [-0.2, -0.15) is 0 Å². The molecule has 1 unspecified atom stereocenters. The SMILES string of the molecule is CCNc1cc(C(=O)N(C)C(C)CC(C)C)cc(C)n1. The molecule has 0 spiro atoms. The number of hydrogen-bond donors (Lipinski definition) is 1. The quantitative estimate of drug-likeness (QED) is 0.867. The van der Waals surface area contributed by atoms with Crippen molar-refractivity contribution in [3.05, 3.63) is 23.4 Å². The molecule has 0 saturated carbocycles. The summed E-state index contributed by atoms with van der Waals surface area (Å²) in [7, 11) is 1.87. The van der Waals surface area contributed by atoms with E-state index in [1.807, 2.05) is 37.9 Å². The summed E-state index contributed by atoms with van der Waals surface area (Å²) in [4.78, 5) is 18.7. The summed E-state index contributed by atoms with van der Waals surface area (Å²) in [5, 5.41) is 3.16. The molecule has 0 bridgehead atoms. The first-order valence-electron chi connectivity index (χ1n) is 7.34. The first-order chi connectivity index (χ1) is 9.35. The molecule has 1 rings (SSSR count). The van der Waals surface area contributed by atoms with Crippen molar-refractivity contribution in [3.8, 4) is 0 Å². The smallest absolute Gasteiger partial charge is 0.254 e. The van der Waals surface area contributed by atoms with Crippen LogP contribution in [0.2, 0.25) is 0 Å². The molecule has 0 fully saturated rings. The van der Waals surface area contributed by atoms with Gasteiger partial charge in [-0.25, -0.2) is 4.98 Å². The van der Waals surface area contributed by atoms with Crippen molar-refractivity contribution < 1.29 is 4.79 Å². The first kappa shape index (κ1) is 16.5. The molecule has 4 nitrogen and oxygen atoms in total. The third kappa shape index (κ3) is 4.51. The van der Waals surface area contributed by atoms with Gasteiger partial charge in [0.1, 0.15) is 5.82 Å². The van der Waals surface area contributed by atoms with E-state index in [1.165, 1.54) is 0 Å². The van der Waals surface area contributed by atoms with Gasteiger partial charge in [0.15, 0.2) is 0 Å². The molecular formula is C16H27N3O. The molecule has 0 radical (unpaired) electrons. The van der Waals surface area contributed by atoms with Gasteiger partial charge in [-0.1, -0.05) is 13.8 Å². The summed E-state index contributed by atoms with van der Waals surface area (Å²) in [6.45, 7) is 11.2. The molecule has 112 valence electrons. The van der Waals surface area contributed by atoms with E-state index in [0.29, 0.717) is 11.5 Å². The van der Waals surface area contributed by atoms with Crippen molar-refractivity contribution in [2.45, 2.75) is 47.1 Å².